The Morgan fingerprint density at radius 3 is 2.67 bits per heavy atom. The second-order valence-electron chi connectivity index (χ2n) is 5.41. The van der Waals surface area contributed by atoms with Crippen molar-refractivity contribution in [3.05, 3.63) is 31.6 Å². The molecule has 0 radical (unpaired) electrons. The van der Waals surface area contributed by atoms with E-state index in [-0.39, 0.29) is 33.4 Å². The zero-order valence-electron chi connectivity index (χ0n) is 11.5. The molecule has 0 saturated heterocycles. The zero-order chi connectivity index (χ0) is 15.4. The van der Waals surface area contributed by atoms with Gasteiger partial charge in [-0.3, -0.25) is 10.1 Å². The molecule has 1 aliphatic rings. The fourth-order valence-electron chi connectivity index (χ4n) is 2.86. The van der Waals surface area contributed by atoms with Gasteiger partial charge in [0.2, 0.25) is 0 Å². The largest absolute Gasteiger partial charge is 0.396 e. The van der Waals surface area contributed by atoms with Crippen molar-refractivity contribution in [1.29, 1.82) is 0 Å². The Labute approximate surface area is 136 Å². The number of halogens is 2. The molecule has 116 valence electrons. The Hall–Kier alpha value is -0.960. The first-order valence-corrected chi connectivity index (χ1v) is 8.09. The summed E-state index contributed by atoms with van der Waals surface area (Å²) in [4.78, 5) is 10.6. The number of benzene rings is 1. The van der Waals surface area contributed by atoms with E-state index in [1.807, 2.05) is 0 Å². The van der Waals surface area contributed by atoms with Crippen LogP contribution in [0.5, 0.6) is 0 Å². The average molecular weight is 408 g/mol. The van der Waals surface area contributed by atoms with Gasteiger partial charge in [0.15, 0.2) is 0 Å². The minimum Gasteiger partial charge on any atom is -0.396 e. The van der Waals surface area contributed by atoms with Crippen LogP contribution in [0.15, 0.2) is 12.1 Å². The predicted molar refractivity (Wildman–Crippen MR) is 86.8 cm³/mol. The Bertz CT molecular complexity index is 527. The van der Waals surface area contributed by atoms with Crippen LogP contribution >= 0.6 is 22.6 Å². The third kappa shape index (κ3) is 4.03. The highest BCUT2D eigenvalue weighted by molar-refractivity contribution is 14.1. The van der Waals surface area contributed by atoms with Gasteiger partial charge in [0.05, 0.1) is 8.49 Å². The summed E-state index contributed by atoms with van der Waals surface area (Å²) >= 11 is 1.74. The molecule has 1 fully saturated rings. The molecule has 2 N–H and O–H groups in total. The van der Waals surface area contributed by atoms with E-state index in [0.29, 0.717) is 6.54 Å². The molecule has 0 amide bonds. The maximum atomic E-state index is 13.6. The van der Waals surface area contributed by atoms with E-state index < -0.39 is 10.7 Å². The first-order valence-electron chi connectivity index (χ1n) is 7.01. The number of aliphatic hydroxyl groups is 1. The van der Waals surface area contributed by atoms with Crippen molar-refractivity contribution < 1.29 is 14.4 Å². The van der Waals surface area contributed by atoms with Crippen LogP contribution in [0, 0.1) is 31.3 Å². The topological polar surface area (TPSA) is 75.4 Å². The Kier molecular flexibility index (Phi) is 5.74. The van der Waals surface area contributed by atoms with Crippen LogP contribution in [0.2, 0.25) is 0 Å². The lowest BCUT2D eigenvalue weighted by molar-refractivity contribution is -0.384. The smallest absolute Gasteiger partial charge is 0.293 e. The van der Waals surface area contributed by atoms with Crippen LogP contribution in [0.1, 0.15) is 25.7 Å². The van der Waals surface area contributed by atoms with E-state index in [4.69, 9.17) is 0 Å². The fourth-order valence-corrected chi connectivity index (χ4v) is 3.31. The van der Waals surface area contributed by atoms with E-state index in [2.05, 4.69) is 5.32 Å². The highest BCUT2D eigenvalue weighted by Gasteiger charge is 2.25. The maximum Gasteiger partial charge on any atom is 0.293 e. The van der Waals surface area contributed by atoms with Crippen LogP contribution in [0.25, 0.3) is 0 Å². The summed E-state index contributed by atoms with van der Waals surface area (Å²) in [5, 5.41) is 23.4. The molecule has 1 aromatic rings. The molecule has 0 spiro atoms. The van der Waals surface area contributed by atoms with Gasteiger partial charge in [0.25, 0.3) is 5.69 Å². The molecule has 2 atom stereocenters. The number of nitrogens with zero attached hydrogens (tertiary/aromatic N) is 1. The molecular formula is C14H18FIN2O3. The normalized spacial score (nSPS) is 22.0. The van der Waals surface area contributed by atoms with Crippen LogP contribution in [-0.4, -0.2) is 23.2 Å². The van der Waals surface area contributed by atoms with Gasteiger partial charge >= 0.3 is 0 Å². The summed E-state index contributed by atoms with van der Waals surface area (Å²) < 4.78 is 13.9. The summed E-state index contributed by atoms with van der Waals surface area (Å²) in [7, 11) is 0. The van der Waals surface area contributed by atoms with Gasteiger partial charge in [0.1, 0.15) is 11.5 Å². The lowest BCUT2D eigenvalue weighted by atomic mass is 9.79. The maximum absolute atomic E-state index is 13.6. The van der Waals surface area contributed by atoms with Crippen molar-refractivity contribution >= 4 is 34.0 Å². The van der Waals surface area contributed by atoms with Gasteiger partial charge in [0, 0.05) is 25.3 Å². The van der Waals surface area contributed by atoms with Crippen molar-refractivity contribution in [3.8, 4) is 0 Å². The third-order valence-electron chi connectivity index (χ3n) is 4.09. The standard InChI is InChI=1S/C14H18FIN2O3/c15-11-5-13(14(18(20)21)6-12(11)16)17-7-9-3-1-2-4-10(9)8-19/h5-6,9-10,17,19H,1-4,7-8H2. The first kappa shape index (κ1) is 16.4. The quantitative estimate of drug-likeness (QED) is 0.444. The molecule has 21 heavy (non-hydrogen) atoms. The van der Waals surface area contributed by atoms with Gasteiger partial charge in [-0.1, -0.05) is 12.8 Å². The van der Waals surface area contributed by atoms with E-state index in [9.17, 15) is 19.6 Å². The Morgan fingerprint density at radius 2 is 2.05 bits per heavy atom. The molecule has 1 saturated carbocycles. The summed E-state index contributed by atoms with van der Waals surface area (Å²) in [6.45, 7) is 0.654. The van der Waals surface area contributed by atoms with Crippen LogP contribution < -0.4 is 5.32 Å². The van der Waals surface area contributed by atoms with Crippen molar-refractivity contribution in [2.75, 3.05) is 18.5 Å². The number of nitrogens with one attached hydrogen (secondary N) is 1. The van der Waals surface area contributed by atoms with Crippen molar-refractivity contribution in [2.24, 2.45) is 11.8 Å². The second-order valence-corrected chi connectivity index (χ2v) is 6.57. The Balaban J connectivity index is 2.11. The molecular weight excluding hydrogens is 390 g/mol. The molecule has 2 unspecified atom stereocenters. The summed E-state index contributed by atoms with van der Waals surface area (Å²) in [6, 6.07) is 2.42. The number of nitro groups is 1. The second kappa shape index (κ2) is 7.35. The highest BCUT2D eigenvalue weighted by atomic mass is 127. The van der Waals surface area contributed by atoms with E-state index in [1.54, 1.807) is 22.6 Å². The zero-order valence-corrected chi connectivity index (χ0v) is 13.7. The average Bonchev–Trinajstić information content (AvgIpc) is 2.48. The van der Waals surface area contributed by atoms with Gasteiger partial charge < -0.3 is 10.4 Å². The molecule has 2 rings (SSSR count). The number of nitro benzene ring substituents is 1. The predicted octanol–water partition coefficient (Wildman–Crippen LogP) is 3.55. The van der Waals surface area contributed by atoms with E-state index in [1.165, 1.54) is 12.1 Å². The van der Waals surface area contributed by atoms with Crippen LogP contribution in [-0.2, 0) is 0 Å². The van der Waals surface area contributed by atoms with E-state index >= 15 is 0 Å². The first-order chi connectivity index (χ1) is 10.0. The van der Waals surface area contributed by atoms with Crippen molar-refractivity contribution in [3.63, 3.8) is 0 Å². The number of hydrogen-bond acceptors (Lipinski definition) is 4. The summed E-state index contributed by atoms with van der Waals surface area (Å²) in [6.07, 6.45) is 4.18. The van der Waals surface area contributed by atoms with E-state index in [0.717, 1.165) is 25.7 Å². The number of rotatable bonds is 5. The molecule has 0 heterocycles. The lowest BCUT2D eigenvalue weighted by Gasteiger charge is -2.30. The van der Waals surface area contributed by atoms with Gasteiger partial charge in [-0.05, 0) is 47.3 Å². The lowest BCUT2D eigenvalue weighted by Crippen LogP contribution is -2.28. The summed E-state index contributed by atoms with van der Waals surface area (Å²) in [5.41, 5.74) is 0.0948. The molecule has 5 nitrogen and oxygen atoms in total. The monoisotopic (exact) mass is 408 g/mol. The SMILES string of the molecule is O=[N+]([O-])c1cc(I)c(F)cc1NCC1CCCCC1CO. The molecule has 1 aromatic carbocycles. The highest BCUT2D eigenvalue weighted by Crippen LogP contribution is 2.32. The van der Waals surface area contributed by atoms with Crippen molar-refractivity contribution in [1.82, 2.24) is 0 Å². The number of anilines is 1. The van der Waals surface area contributed by atoms with Gasteiger partial charge in [-0.25, -0.2) is 4.39 Å². The number of hydrogen-bond donors (Lipinski definition) is 2. The third-order valence-corrected chi connectivity index (χ3v) is 4.92. The van der Waals surface area contributed by atoms with Crippen molar-refractivity contribution in [2.45, 2.75) is 25.7 Å². The fraction of sp³-hybridized carbons (Fsp3) is 0.571. The van der Waals surface area contributed by atoms with Gasteiger partial charge in [-0.15, -0.1) is 0 Å². The molecule has 0 aliphatic heterocycles. The van der Waals surface area contributed by atoms with Crippen LogP contribution in [0.4, 0.5) is 15.8 Å². The summed E-state index contributed by atoms with van der Waals surface area (Å²) in [5.74, 6) is 0.0238. The molecule has 7 heteroatoms. The molecule has 0 bridgehead atoms. The van der Waals surface area contributed by atoms with Gasteiger partial charge in [-0.2, -0.15) is 0 Å². The minimum atomic E-state index is -0.506. The number of aliphatic hydroxyl groups excluding tert-OH is 1. The minimum absolute atomic E-state index is 0.114. The molecule has 1 aliphatic carbocycles. The molecule has 0 aromatic heterocycles. The van der Waals surface area contributed by atoms with Crippen LogP contribution in [0.3, 0.4) is 0 Å². The Morgan fingerprint density at radius 1 is 1.38 bits per heavy atom.